The van der Waals surface area contributed by atoms with Crippen LogP contribution in [0, 0.1) is 23.2 Å². The minimum Gasteiger partial charge on any atom is -0.335 e. The third-order valence-electron chi connectivity index (χ3n) is 4.05. The number of amides is 2. The number of hydrogen-bond acceptors (Lipinski definition) is 2. The van der Waals surface area contributed by atoms with Gasteiger partial charge in [-0.1, -0.05) is 12.1 Å². The molecule has 2 N–H and O–H groups in total. The number of rotatable bonds is 5. The monoisotopic (exact) mass is 269 g/mol. The van der Waals surface area contributed by atoms with Crippen LogP contribution < -0.4 is 10.6 Å². The summed E-state index contributed by atoms with van der Waals surface area (Å²) < 4.78 is 0. The highest BCUT2D eigenvalue weighted by molar-refractivity contribution is 5.89. The van der Waals surface area contributed by atoms with Crippen LogP contribution in [0.2, 0.25) is 0 Å². The summed E-state index contributed by atoms with van der Waals surface area (Å²) in [6.07, 6.45) is 5.42. The predicted octanol–water partition coefficient (Wildman–Crippen LogP) is 3.06. The highest BCUT2D eigenvalue weighted by atomic mass is 16.2. The molecule has 4 heteroatoms. The van der Waals surface area contributed by atoms with Gasteiger partial charge in [0.25, 0.3) is 0 Å². The second-order valence-electron chi connectivity index (χ2n) is 5.83. The first-order valence-electron chi connectivity index (χ1n) is 7.29. The Morgan fingerprint density at radius 3 is 2.30 bits per heavy atom. The Morgan fingerprint density at radius 1 is 1.20 bits per heavy atom. The molecule has 0 saturated heterocycles. The van der Waals surface area contributed by atoms with Crippen LogP contribution in [0.1, 0.15) is 31.2 Å². The molecule has 4 nitrogen and oxygen atoms in total. The lowest BCUT2D eigenvalue weighted by Crippen LogP contribution is -2.40. The maximum absolute atomic E-state index is 12.0. The Bertz CT molecular complexity index is 512. The Kier molecular flexibility index (Phi) is 3.60. The summed E-state index contributed by atoms with van der Waals surface area (Å²) in [7, 11) is 0. The Hall–Kier alpha value is -2.02. The van der Waals surface area contributed by atoms with Crippen LogP contribution in [0.3, 0.4) is 0 Å². The molecule has 20 heavy (non-hydrogen) atoms. The summed E-state index contributed by atoms with van der Waals surface area (Å²) in [6, 6.07) is 9.80. The van der Waals surface area contributed by atoms with Gasteiger partial charge in [-0.25, -0.2) is 4.79 Å². The molecule has 0 spiro atoms. The molecular formula is C16H19N3O. The van der Waals surface area contributed by atoms with Gasteiger partial charge < -0.3 is 10.6 Å². The van der Waals surface area contributed by atoms with Crippen molar-refractivity contribution in [3.05, 3.63) is 29.8 Å². The summed E-state index contributed by atoms with van der Waals surface area (Å²) in [5, 5.41) is 14.6. The Labute approximate surface area is 119 Å². The smallest absolute Gasteiger partial charge is 0.319 e. The Balaban J connectivity index is 1.53. The zero-order valence-corrected chi connectivity index (χ0v) is 11.4. The van der Waals surface area contributed by atoms with Crippen LogP contribution in [0.15, 0.2) is 24.3 Å². The van der Waals surface area contributed by atoms with E-state index in [-0.39, 0.29) is 6.03 Å². The number of nitrogens with one attached hydrogen (secondary N) is 2. The fourth-order valence-corrected chi connectivity index (χ4v) is 2.65. The first-order chi connectivity index (χ1) is 9.76. The van der Waals surface area contributed by atoms with Crippen molar-refractivity contribution in [2.45, 2.75) is 38.1 Å². The van der Waals surface area contributed by atoms with E-state index in [0.717, 1.165) is 11.3 Å². The topological polar surface area (TPSA) is 64.9 Å². The van der Waals surface area contributed by atoms with Crippen LogP contribution in [-0.2, 0) is 6.42 Å². The maximum Gasteiger partial charge on any atom is 0.319 e. The molecule has 0 heterocycles. The number of hydrogen-bond donors (Lipinski definition) is 2. The van der Waals surface area contributed by atoms with Gasteiger partial charge in [0, 0.05) is 11.7 Å². The van der Waals surface area contributed by atoms with Gasteiger partial charge in [-0.15, -0.1) is 0 Å². The zero-order chi connectivity index (χ0) is 13.9. The van der Waals surface area contributed by atoms with Gasteiger partial charge in [0.05, 0.1) is 12.5 Å². The third kappa shape index (κ3) is 3.30. The van der Waals surface area contributed by atoms with E-state index in [9.17, 15) is 4.79 Å². The Morgan fingerprint density at radius 2 is 1.80 bits per heavy atom. The molecule has 2 saturated carbocycles. The minimum atomic E-state index is -0.109. The molecule has 1 aromatic rings. The van der Waals surface area contributed by atoms with E-state index in [2.05, 4.69) is 16.7 Å². The standard InChI is InChI=1S/C16H19N3O/c17-10-9-11-1-7-14(8-2-11)18-16(20)19-15(12-3-4-12)13-5-6-13/h1-2,7-8,12-13,15H,3-6,9H2,(H2,18,19,20). The molecule has 0 aromatic heterocycles. The van der Waals surface area contributed by atoms with Gasteiger partial charge in [0.1, 0.15) is 0 Å². The van der Waals surface area contributed by atoms with E-state index in [1.54, 1.807) is 0 Å². The van der Waals surface area contributed by atoms with Crippen molar-refractivity contribution in [1.82, 2.24) is 5.32 Å². The number of nitriles is 1. The lowest BCUT2D eigenvalue weighted by atomic mass is 10.1. The summed E-state index contributed by atoms with van der Waals surface area (Å²) in [5.74, 6) is 1.40. The minimum absolute atomic E-state index is 0.109. The normalized spacial score (nSPS) is 17.6. The molecular weight excluding hydrogens is 250 g/mol. The van der Waals surface area contributed by atoms with Crippen molar-refractivity contribution < 1.29 is 4.79 Å². The van der Waals surface area contributed by atoms with E-state index in [0.29, 0.717) is 24.3 Å². The molecule has 0 unspecified atom stereocenters. The maximum atomic E-state index is 12.0. The molecule has 1 aromatic carbocycles. The molecule has 0 atom stereocenters. The average Bonchev–Trinajstić information content (AvgIpc) is 3.31. The molecule has 0 bridgehead atoms. The molecule has 0 radical (unpaired) electrons. The van der Waals surface area contributed by atoms with Crippen molar-refractivity contribution in [2.24, 2.45) is 11.8 Å². The molecule has 104 valence electrons. The zero-order valence-electron chi connectivity index (χ0n) is 11.4. The molecule has 2 aliphatic rings. The van der Waals surface area contributed by atoms with Crippen LogP contribution in [0.4, 0.5) is 10.5 Å². The van der Waals surface area contributed by atoms with E-state index in [4.69, 9.17) is 5.26 Å². The largest absolute Gasteiger partial charge is 0.335 e. The molecule has 3 rings (SSSR count). The van der Waals surface area contributed by atoms with E-state index < -0.39 is 0 Å². The molecule has 0 aliphatic heterocycles. The second kappa shape index (κ2) is 5.54. The highest BCUT2D eigenvalue weighted by Crippen LogP contribution is 2.44. The van der Waals surface area contributed by atoms with Crippen LogP contribution in [-0.4, -0.2) is 12.1 Å². The van der Waals surface area contributed by atoms with Crippen LogP contribution >= 0.6 is 0 Å². The van der Waals surface area contributed by atoms with Gasteiger partial charge in [-0.05, 0) is 55.2 Å². The van der Waals surface area contributed by atoms with Crippen molar-refractivity contribution in [2.75, 3.05) is 5.32 Å². The second-order valence-corrected chi connectivity index (χ2v) is 5.83. The van der Waals surface area contributed by atoms with Crippen LogP contribution in [0.5, 0.6) is 0 Å². The average molecular weight is 269 g/mol. The molecule has 2 fully saturated rings. The van der Waals surface area contributed by atoms with Gasteiger partial charge >= 0.3 is 6.03 Å². The van der Waals surface area contributed by atoms with Crippen molar-refractivity contribution in [1.29, 1.82) is 5.26 Å². The van der Waals surface area contributed by atoms with E-state index in [1.165, 1.54) is 25.7 Å². The van der Waals surface area contributed by atoms with E-state index >= 15 is 0 Å². The van der Waals surface area contributed by atoms with E-state index in [1.807, 2.05) is 24.3 Å². The number of carbonyl (C=O) groups excluding carboxylic acids is 1. The fraction of sp³-hybridized carbons (Fsp3) is 0.500. The summed E-state index contributed by atoms with van der Waals surface area (Å²) in [5.41, 5.74) is 1.74. The lowest BCUT2D eigenvalue weighted by Gasteiger charge is -2.18. The quantitative estimate of drug-likeness (QED) is 0.862. The van der Waals surface area contributed by atoms with Gasteiger partial charge in [-0.2, -0.15) is 5.26 Å². The molecule has 2 aliphatic carbocycles. The fourth-order valence-electron chi connectivity index (χ4n) is 2.65. The number of anilines is 1. The first kappa shape index (κ1) is 13.0. The van der Waals surface area contributed by atoms with Crippen molar-refractivity contribution in [3.63, 3.8) is 0 Å². The number of benzene rings is 1. The third-order valence-corrected chi connectivity index (χ3v) is 4.05. The van der Waals surface area contributed by atoms with Crippen molar-refractivity contribution >= 4 is 11.7 Å². The number of nitrogens with zero attached hydrogens (tertiary/aromatic N) is 1. The first-order valence-corrected chi connectivity index (χ1v) is 7.29. The number of carbonyl (C=O) groups is 1. The summed E-state index contributed by atoms with van der Waals surface area (Å²) in [4.78, 5) is 12.0. The predicted molar refractivity (Wildman–Crippen MR) is 77.1 cm³/mol. The summed E-state index contributed by atoms with van der Waals surface area (Å²) >= 11 is 0. The van der Waals surface area contributed by atoms with Crippen molar-refractivity contribution in [3.8, 4) is 6.07 Å². The van der Waals surface area contributed by atoms with Gasteiger partial charge in [0.2, 0.25) is 0 Å². The lowest BCUT2D eigenvalue weighted by molar-refractivity contribution is 0.245. The van der Waals surface area contributed by atoms with Gasteiger partial charge in [0.15, 0.2) is 0 Å². The van der Waals surface area contributed by atoms with Gasteiger partial charge in [-0.3, -0.25) is 0 Å². The number of urea groups is 1. The highest BCUT2D eigenvalue weighted by Gasteiger charge is 2.42. The SMILES string of the molecule is N#CCc1ccc(NC(=O)NC(C2CC2)C2CC2)cc1. The summed E-state index contributed by atoms with van der Waals surface area (Å²) in [6.45, 7) is 0. The van der Waals surface area contributed by atoms with Crippen LogP contribution in [0.25, 0.3) is 0 Å². The molecule has 2 amide bonds.